The normalized spacial score (nSPS) is 11.5. The third-order valence-corrected chi connectivity index (χ3v) is 4.49. The lowest BCUT2D eigenvalue weighted by Gasteiger charge is -2.17. The molecule has 0 saturated carbocycles. The van der Waals surface area contributed by atoms with Gasteiger partial charge in [-0.15, -0.1) is 0 Å². The van der Waals surface area contributed by atoms with Gasteiger partial charge < -0.3 is 24.7 Å². The highest BCUT2D eigenvalue weighted by molar-refractivity contribution is 5.79. The molecule has 0 aliphatic carbocycles. The van der Waals surface area contributed by atoms with Gasteiger partial charge in [0.1, 0.15) is 5.82 Å². The van der Waals surface area contributed by atoms with E-state index in [0.29, 0.717) is 35.9 Å². The number of rotatable bonds is 9. The molecule has 0 fully saturated rings. The molecule has 0 radical (unpaired) electrons. The zero-order valence-corrected chi connectivity index (χ0v) is 17.7. The number of ether oxygens (including phenoxy) is 2. The Labute approximate surface area is 183 Å². The van der Waals surface area contributed by atoms with E-state index < -0.39 is 6.61 Å². The number of aliphatic imine (C=N–C) groups is 1. The zero-order valence-electron chi connectivity index (χ0n) is 17.7. The van der Waals surface area contributed by atoms with Crippen molar-refractivity contribution in [1.29, 1.82) is 0 Å². The van der Waals surface area contributed by atoms with E-state index in [-0.39, 0.29) is 23.9 Å². The van der Waals surface area contributed by atoms with Crippen LogP contribution in [0.2, 0.25) is 0 Å². The molecular weight excluding hydrogens is 423 g/mol. The van der Waals surface area contributed by atoms with Crippen molar-refractivity contribution in [2.45, 2.75) is 26.6 Å². The SMILES string of the molecule is CCOc1cccc(CNC(=NC)NCc2ccc(-n3ccnc3)c(F)c2)c1OC(F)F. The van der Waals surface area contributed by atoms with E-state index in [4.69, 9.17) is 4.74 Å². The molecule has 0 saturated heterocycles. The molecule has 0 atom stereocenters. The third-order valence-electron chi connectivity index (χ3n) is 4.49. The van der Waals surface area contributed by atoms with Crippen LogP contribution in [0.1, 0.15) is 18.1 Å². The highest BCUT2D eigenvalue weighted by Gasteiger charge is 2.16. The summed E-state index contributed by atoms with van der Waals surface area (Å²) in [6.07, 6.45) is 4.76. The van der Waals surface area contributed by atoms with E-state index in [9.17, 15) is 13.2 Å². The van der Waals surface area contributed by atoms with Crippen LogP contribution in [0, 0.1) is 5.82 Å². The number of halogens is 3. The summed E-state index contributed by atoms with van der Waals surface area (Å²) in [4.78, 5) is 8.03. The largest absolute Gasteiger partial charge is 0.490 e. The second-order valence-electron chi connectivity index (χ2n) is 6.59. The molecular formula is C22H24F3N5O2. The van der Waals surface area contributed by atoms with Gasteiger partial charge in [-0.2, -0.15) is 8.78 Å². The van der Waals surface area contributed by atoms with Gasteiger partial charge in [-0.3, -0.25) is 4.99 Å². The number of nitrogens with one attached hydrogen (secondary N) is 2. The third kappa shape index (κ3) is 5.93. The molecule has 0 bridgehead atoms. The van der Waals surface area contributed by atoms with Crippen molar-refractivity contribution in [2.75, 3.05) is 13.7 Å². The lowest BCUT2D eigenvalue weighted by atomic mass is 10.2. The fourth-order valence-corrected chi connectivity index (χ4v) is 3.05. The monoisotopic (exact) mass is 447 g/mol. The molecule has 32 heavy (non-hydrogen) atoms. The van der Waals surface area contributed by atoms with Gasteiger partial charge in [0.05, 0.1) is 18.6 Å². The number of benzene rings is 2. The first-order valence-electron chi connectivity index (χ1n) is 9.92. The Kier molecular flexibility index (Phi) is 7.96. The maximum absolute atomic E-state index is 14.4. The van der Waals surface area contributed by atoms with Gasteiger partial charge >= 0.3 is 6.61 Å². The summed E-state index contributed by atoms with van der Waals surface area (Å²) in [5.41, 5.74) is 1.58. The number of para-hydroxylation sites is 1. The van der Waals surface area contributed by atoms with Crippen molar-refractivity contribution < 1.29 is 22.6 Å². The van der Waals surface area contributed by atoms with Crippen LogP contribution in [-0.2, 0) is 13.1 Å². The molecule has 170 valence electrons. The first-order valence-corrected chi connectivity index (χ1v) is 9.92. The smallest absolute Gasteiger partial charge is 0.387 e. The van der Waals surface area contributed by atoms with Gasteiger partial charge in [-0.1, -0.05) is 18.2 Å². The minimum Gasteiger partial charge on any atom is -0.490 e. The number of guanidine groups is 1. The Morgan fingerprint density at radius 1 is 1.19 bits per heavy atom. The van der Waals surface area contributed by atoms with E-state index in [2.05, 4.69) is 25.3 Å². The summed E-state index contributed by atoms with van der Waals surface area (Å²) < 4.78 is 51.8. The summed E-state index contributed by atoms with van der Waals surface area (Å²) in [5.74, 6) is 0.244. The highest BCUT2D eigenvalue weighted by atomic mass is 19.3. The molecule has 0 spiro atoms. The van der Waals surface area contributed by atoms with Crippen molar-refractivity contribution in [2.24, 2.45) is 4.99 Å². The Bertz CT molecular complexity index is 1040. The van der Waals surface area contributed by atoms with E-state index in [1.807, 2.05) is 0 Å². The van der Waals surface area contributed by atoms with Gasteiger partial charge in [0.15, 0.2) is 17.5 Å². The molecule has 2 N–H and O–H groups in total. The van der Waals surface area contributed by atoms with Crippen molar-refractivity contribution in [3.05, 3.63) is 72.1 Å². The molecule has 0 aliphatic heterocycles. The maximum Gasteiger partial charge on any atom is 0.387 e. The minimum atomic E-state index is -2.98. The molecule has 1 heterocycles. The highest BCUT2D eigenvalue weighted by Crippen LogP contribution is 2.32. The number of nitrogens with zero attached hydrogens (tertiary/aromatic N) is 3. The first kappa shape index (κ1) is 23.0. The van der Waals surface area contributed by atoms with Gasteiger partial charge in [0, 0.05) is 38.1 Å². The number of hydrogen-bond donors (Lipinski definition) is 2. The number of aromatic nitrogens is 2. The predicted octanol–water partition coefficient (Wildman–Crippen LogP) is 3.88. The summed E-state index contributed by atoms with van der Waals surface area (Å²) >= 11 is 0. The molecule has 0 amide bonds. The quantitative estimate of drug-likeness (QED) is 0.385. The van der Waals surface area contributed by atoms with Crippen LogP contribution in [-0.4, -0.2) is 35.8 Å². The standard InChI is InChI=1S/C22H24F3N5O2/c1-3-31-19-6-4-5-16(20(19)32-21(24)25)13-29-22(26-2)28-12-15-7-8-18(17(23)11-15)30-10-9-27-14-30/h4-11,14,21H,3,12-13H2,1-2H3,(H2,26,28,29). The van der Waals surface area contributed by atoms with E-state index in [1.165, 1.54) is 12.4 Å². The summed E-state index contributed by atoms with van der Waals surface area (Å²) in [6, 6.07) is 9.80. The minimum absolute atomic E-state index is 0.0236. The lowest BCUT2D eigenvalue weighted by Crippen LogP contribution is -2.36. The predicted molar refractivity (Wildman–Crippen MR) is 115 cm³/mol. The Hall–Kier alpha value is -3.69. The number of imidazole rings is 1. The molecule has 0 unspecified atom stereocenters. The second kappa shape index (κ2) is 11.1. The zero-order chi connectivity index (χ0) is 22.9. The van der Waals surface area contributed by atoms with Crippen LogP contribution >= 0.6 is 0 Å². The van der Waals surface area contributed by atoms with Crippen LogP contribution in [0.15, 0.2) is 60.1 Å². The van der Waals surface area contributed by atoms with Gasteiger partial charge in [0.2, 0.25) is 0 Å². The van der Waals surface area contributed by atoms with Crippen LogP contribution in [0.4, 0.5) is 13.2 Å². The number of hydrogen-bond acceptors (Lipinski definition) is 4. The molecule has 2 aromatic carbocycles. The fraction of sp³-hybridized carbons (Fsp3) is 0.273. The van der Waals surface area contributed by atoms with E-state index in [1.54, 1.807) is 61.3 Å². The van der Waals surface area contributed by atoms with Gasteiger partial charge in [-0.05, 0) is 30.7 Å². The second-order valence-corrected chi connectivity index (χ2v) is 6.59. The first-order chi connectivity index (χ1) is 15.5. The average molecular weight is 447 g/mol. The lowest BCUT2D eigenvalue weighted by molar-refractivity contribution is -0.0520. The van der Waals surface area contributed by atoms with Gasteiger partial charge in [-0.25, -0.2) is 9.37 Å². The molecule has 7 nitrogen and oxygen atoms in total. The summed E-state index contributed by atoms with van der Waals surface area (Å²) in [7, 11) is 1.57. The van der Waals surface area contributed by atoms with Crippen molar-refractivity contribution in [3.8, 4) is 17.2 Å². The molecule has 1 aromatic heterocycles. The van der Waals surface area contributed by atoms with Crippen molar-refractivity contribution in [1.82, 2.24) is 20.2 Å². The topological polar surface area (TPSA) is 72.7 Å². The van der Waals surface area contributed by atoms with E-state index >= 15 is 0 Å². The van der Waals surface area contributed by atoms with Crippen LogP contribution in [0.3, 0.4) is 0 Å². The maximum atomic E-state index is 14.4. The Morgan fingerprint density at radius 3 is 2.66 bits per heavy atom. The van der Waals surface area contributed by atoms with Gasteiger partial charge in [0.25, 0.3) is 0 Å². The summed E-state index contributed by atoms with van der Waals surface area (Å²) in [5, 5.41) is 6.11. The Morgan fingerprint density at radius 2 is 2.00 bits per heavy atom. The van der Waals surface area contributed by atoms with Crippen molar-refractivity contribution >= 4 is 5.96 Å². The molecule has 0 aliphatic rings. The van der Waals surface area contributed by atoms with Crippen LogP contribution in [0.25, 0.3) is 5.69 Å². The molecule has 10 heteroatoms. The van der Waals surface area contributed by atoms with Crippen molar-refractivity contribution in [3.63, 3.8) is 0 Å². The molecule has 3 aromatic rings. The van der Waals surface area contributed by atoms with E-state index in [0.717, 1.165) is 0 Å². The molecule has 3 rings (SSSR count). The summed E-state index contributed by atoms with van der Waals surface area (Å²) in [6.45, 7) is -0.437. The number of alkyl halides is 2. The van der Waals surface area contributed by atoms with Crippen LogP contribution < -0.4 is 20.1 Å². The van der Waals surface area contributed by atoms with Crippen LogP contribution in [0.5, 0.6) is 11.5 Å². The average Bonchev–Trinajstić information content (AvgIpc) is 3.30. The Balaban J connectivity index is 1.63. The fourth-order valence-electron chi connectivity index (χ4n) is 3.05.